The van der Waals surface area contributed by atoms with Crippen LogP contribution >= 0.6 is 0 Å². The molecular weight excluding hydrogens is 244 g/mol. The van der Waals surface area contributed by atoms with E-state index >= 15 is 0 Å². The molecule has 0 saturated heterocycles. The zero-order valence-corrected chi connectivity index (χ0v) is 12.2. The Morgan fingerprint density at radius 3 is 2.16 bits per heavy atom. The number of aliphatic hydroxyl groups excluding tert-OH is 1. The quantitative estimate of drug-likeness (QED) is 0.784. The predicted octanol–water partition coefficient (Wildman–Crippen LogP) is 1.05. The molecule has 1 aliphatic rings. The van der Waals surface area contributed by atoms with Crippen LogP contribution in [-0.2, 0) is 9.59 Å². The van der Waals surface area contributed by atoms with E-state index in [1.165, 1.54) is 6.92 Å². The summed E-state index contributed by atoms with van der Waals surface area (Å²) in [6, 6.07) is 0. The van der Waals surface area contributed by atoms with Gasteiger partial charge in [-0.05, 0) is 33.6 Å². The predicted molar refractivity (Wildman–Crippen MR) is 73.6 cm³/mol. The molecule has 5 heteroatoms. The molecule has 1 fully saturated rings. The average molecular weight is 270 g/mol. The second kappa shape index (κ2) is 6.89. The van der Waals surface area contributed by atoms with Crippen LogP contribution in [0.1, 0.15) is 52.9 Å². The number of hydrogen-bond acceptors (Lipinski definition) is 3. The first-order chi connectivity index (χ1) is 8.96. The van der Waals surface area contributed by atoms with Crippen molar-refractivity contribution in [2.45, 2.75) is 64.5 Å². The van der Waals surface area contributed by atoms with E-state index in [0.29, 0.717) is 25.9 Å². The lowest BCUT2D eigenvalue weighted by molar-refractivity contribution is -0.145. The van der Waals surface area contributed by atoms with Gasteiger partial charge in [0.1, 0.15) is 11.6 Å². The normalized spacial score (nSPS) is 19.6. The molecule has 19 heavy (non-hydrogen) atoms. The number of amides is 2. The van der Waals surface area contributed by atoms with Crippen LogP contribution in [-0.4, -0.2) is 46.6 Å². The number of aliphatic hydroxyl groups is 1. The largest absolute Gasteiger partial charge is 0.384 e. The summed E-state index contributed by atoms with van der Waals surface area (Å²) in [5.74, 6) is -0.464. The molecule has 2 N–H and O–H groups in total. The van der Waals surface area contributed by atoms with Crippen LogP contribution in [0.3, 0.4) is 0 Å². The number of carbonyl (C=O) groups is 2. The molecule has 1 saturated carbocycles. The van der Waals surface area contributed by atoms with Crippen molar-refractivity contribution in [3.8, 4) is 0 Å². The molecule has 0 bridgehead atoms. The highest BCUT2D eigenvalue weighted by Crippen LogP contribution is 2.30. The second-order valence-corrected chi connectivity index (χ2v) is 5.29. The Kier molecular flexibility index (Phi) is 5.79. The average Bonchev–Trinajstić information content (AvgIpc) is 2.40. The lowest BCUT2D eigenvalue weighted by Gasteiger charge is -2.40. The molecule has 2 amide bonds. The first-order valence-electron chi connectivity index (χ1n) is 7.26. The van der Waals surface area contributed by atoms with Crippen LogP contribution in [0, 0.1) is 0 Å². The summed E-state index contributed by atoms with van der Waals surface area (Å²) in [6.45, 7) is 6.58. The van der Waals surface area contributed by atoms with Gasteiger partial charge in [0, 0.05) is 13.1 Å². The zero-order valence-electron chi connectivity index (χ0n) is 12.2. The number of likely N-dealkylation sites (N-methyl/N-ethyl adjacent to an activating group) is 1. The maximum atomic E-state index is 12.7. The van der Waals surface area contributed by atoms with Gasteiger partial charge in [-0.15, -0.1) is 0 Å². The number of rotatable bonds is 5. The van der Waals surface area contributed by atoms with Gasteiger partial charge in [-0.25, -0.2) is 0 Å². The van der Waals surface area contributed by atoms with Crippen molar-refractivity contribution < 1.29 is 14.7 Å². The second-order valence-electron chi connectivity index (χ2n) is 5.29. The van der Waals surface area contributed by atoms with Crippen molar-refractivity contribution in [2.24, 2.45) is 0 Å². The van der Waals surface area contributed by atoms with Gasteiger partial charge in [0.15, 0.2) is 0 Å². The van der Waals surface area contributed by atoms with Gasteiger partial charge in [0.2, 0.25) is 11.8 Å². The third kappa shape index (κ3) is 3.69. The van der Waals surface area contributed by atoms with Gasteiger partial charge in [0.05, 0.1) is 0 Å². The van der Waals surface area contributed by atoms with Crippen LogP contribution in [0.25, 0.3) is 0 Å². The fourth-order valence-corrected chi connectivity index (χ4v) is 2.70. The molecular formula is C14H26N2O3. The van der Waals surface area contributed by atoms with Crippen LogP contribution in [0.4, 0.5) is 0 Å². The summed E-state index contributed by atoms with van der Waals surface area (Å²) in [6.07, 6.45) is 3.22. The van der Waals surface area contributed by atoms with Crippen molar-refractivity contribution >= 4 is 11.8 Å². The van der Waals surface area contributed by atoms with E-state index in [4.69, 9.17) is 0 Å². The van der Waals surface area contributed by atoms with E-state index in [9.17, 15) is 14.7 Å². The Morgan fingerprint density at radius 2 is 1.74 bits per heavy atom. The summed E-state index contributed by atoms with van der Waals surface area (Å²) in [7, 11) is 0. The minimum atomic E-state index is -1.08. The highest BCUT2D eigenvalue weighted by molar-refractivity contribution is 5.92. The molecule has 0 spiro atoms. The highest BCUT2D eigenvalue weighted by Gasteiger charge is 2.43. The zero-order chi connectivity index (χ0) is 14.5. The number of hydrogen-bond donors (Lipinski definition) is 2. The molecule has 1 rings (SSSR count). The molecule has 1 aliphatic carbocycles. The van der Waals surface area contributed by atoms with Crippen LogP contribution in [0.2, 0.25) is 0 Å². The molecule has 110 valence electrons. The van der Waals surface area contributed by atoms with E-state index in [1.807, 2.05) is 13.8 Å². The van der Waals surface area contributed by atoms with Crippen molar-refractivity contribution in [3.63, 3.8) is 0 Å². The number of nitrogens with zero attached hydrogens (tertiary/aromatic N) is 1. The molecule has 0 radical (unpaired) electrons. The fraction of sp³-hybridized carbons (Fsp3) is 0.857. The van der Waals surface area contributed by atoms with Gasteiger partial charge < -0.3 is 15.3 Å². The number of carbonyl (C=O) groups excluding carboxylic acids is 2. The molecule has 0 aromatic carbocycles. The lowest BCUT2D eigenvalue weighted by Crippen LogP contribution is -2.61. The maximum absolute atomic E-state index is 12.7. The minimum absolute atomic E-state index is 0.00815. The topological polar surface area (TPSA) is 69.6 Å². The summed E-state index contributed by atoms with van der Waals surface area (Å²) in [5.41, 5.74) is -0.807. The van der Waals surface area contributed by atoms with Crippen molar-refractivity contribution in [1.82, 2.24) is 10.2 Å². The Bertz CT molecular complexity index is 319. The Balaban J connectivity index is 2.92. The van der Waals surface area contributed by atoms with Crippen LogP contribution in [0.15, 0.2) is 0 Å². The fourth-order valence-electron chi connectivity index (χ4n) is 2.70. The monoisotopic (exact) mass is 270 g/mol. The van der Waals surface area contributed by atoms with Gasteiger partial charge in [-0.1, -0.05) is 19.3 Å². The summed E-state index contributed by atoms with van der Waals surface area (Å²) in [5, 5.41) is 12.2. The third-order valence-electron chi connectivity index (χ3n) is 3.91. The SMILES string of the molecule is CCN(CC)C(=O)C1(NC(=O)C(C)O)CCCCC1. The first-order valence-corrected chi connectivity index (χ1v) is 7.26. The van der Waals surface area contributed by atoms with Gasteiger partial charge in [0.25, 0.3) is 0 Å². The molecule has 1 unspecified atom stereocenters. The standard InChI is InChI=1S/C14H26N2O3/c1-4-16(5-2)13(19)14(9-7-6-8-10-14)15-12(18)11(3)17/h11,17H,4-10H2,1-3H3,(H,15,18). The Hall–Kier alpha value is -1.10. The Labute approximate surface area is 115 Å². The molecule has 0 aromatic heterocycles. The third-order valence-corrected chi connectivity index (χ3v) is 3.91. The molecule has 1 atom stereocenters. The molecule has 0 aliphatic heterocycles. The van der Waals surface area contributed by atoms with Crippen LogP contribution in [0.5, 0.6) is 0 Å². The van der Waals surface area contributed by atoms with Crippen molar-refractivity contribution in [1.29, 1.82) is 0 Å². The van der Waals surface area contributed by atoms with E-state index in [0.717, 1.165) is 19.3 Å². The maximum Gasteiger partial charge on any atom is 0.249 e. The lowest BCUT2D eigenvalue weighted by atomic mass is 9.80. The molecule has 0 aromatic rings. The highest BCUT2D eigenvalue weighted by atomic mass is 16.3. The van der Waals surface area contributed by atoms with E-state index in [-0.39, 0.29) is 5.91 Å². The van der Waals surface area contributed by atoms with E-state index in [1.54, 1.807) is 4.90 Å². The summed E-state index contributed by atoms with van der Waals surface area (Å²) >= 11 is 0. The molecule has 5 nitrogen and oxygen atoms in total. The van der Waals surface area contributed by atoms with Crippen molar-refractivity contribution in [3.05, 3.63) is 0 Å². The smallest absolute Gasteiger partial charge is 0.249 e. The van der Waals surface area contributed by atoms with Crippen molar-refractivity contribution in [2.75, 3.05) is 13.1 Å². The summed E-state index contributed by atoms with van der Waals surface area (Å²) < 4.78 is 0. The van der Waals surface area contributed by atoms with E-state index < -0.39 is 17.6 Å². The molecule has 0 heterocycles. The van der Waals surface area contributed by atoms with Crippen LogP contribution < -0.4 is 5.32 Å². The number of nitrogens with one attached hydrogen (secondary N) is 1. The minimum Gasteiger partial charge on any atom is -0.384 e. The van der Waals surface area contributed by atoms with Gasteiger partial charge >= 0.3 is 0 Å². The Morgan fingerprint density at radius 1 is 1.21 bits per heavy atom. The summed E-state index contributed by atoms with van der Waals surface area (Å²) in [4.78, 5) is 26.2. The van der Waals surface area contributed by atoms with Gasteiger partial charge in [-0.2, -0.15) is 0 Å². The van der Waals surface area contributed by atoms with Gasteiger partial charge in [-0.3, -0.25) is 9.59 Å². The van der Waals surface area contributed by atoms with E-state index in [2.05, 4.69) is 5.32 Å². The first kappa shape index (κ1) is 16.0.